The Bertz CT molecular complexity index is 1060. The summed E-state index contributed by atoms with van der Waals surface area (Å²) in [5.41, 5.74) is 2.95. The number of allylic oxidation sites excluding steroid dienone is 1. The Morgan fingerprint density at radius 1 is 1.09 bits per heavy atom. The molecule has 0 saturated heterocycles. The maximum absolute atomic E-state index is 12.4. The van der Waals surface area contributed by atoms with E-state index in [-0.39, 0.29) is 10.8 Å². The molecule has 0 aromatic heterocycles. The van der Waals surface area contributed by atoms with Gasteiger partial charge in [-0.15, -0.1) is 5.92 Å². The molecule has 0 bridgehead atoms. The summed E-state index contributed by atoms with van der Waals surface area (Å²) in [5, 5.41) is 11.9. The Morgan fingerprint density at radius 2 is 1.82 bits per heavy atom. The summed E-state index contributed by atoms with van der Waals surface area (Å²) in [6.45, 7) is 6.85. The van der Waals surface area contributed by atoms with E-state index in [2.05, 4.69) is 75.9 Å². The van der Waals surface area contributed by atoms with Gasteiger partial charge in [0.2, 0.25) is 0 Å². The third-order valence-corrected chi connectivity index (χ3v) is 10.4. The molecule has 0 spiro atoms. The molecule has 0 aliphatic heterocycles. The highest BCUT2D eigenvalue weighted by molar-refractivity contribution is 5.91. The highest BCUT2D eigenvalue weighted by atomic mass is 16.3. The second-order valence-electron chi connectivity index (χ2n) is 12.2. The van der Waals surface area contributed by atoms with Crippen LogP contribution in [0.5, 0.6) is 0 Å². The Kier molecular flexibility index (Phi) is 5.76. The van der Waals surface area contributed by atoms with E-state index >= 15 is 0 Å². The van der Waals surface area contributed by atoms with Gasteiger partial charge in [-0.3, -0.25) is 4.79 Å². The molecule has 34 heavy (non-hydrogen) atoms. The minimum atomic E-state index is -0.903. The number of ketones is 1. The number of benzene rings is 1. The van der Waals surface area contributed by atoms with Crippen LogP contribution in [0.2, 0.25) is 0 Å². The number of hydrogen-bond donors (Lipinski definition) is 1. The molecule has 4 aliphatic rings. The average molecular weight is 460 g/mol. The van der Waals surface area contributed by atoms with Crippen molar-refractivity contribution in [1.29, 1.82) is 0 Å². The largest absolute Gasteiger partial charge is 0.378 e. The van der Waals surface area contributed by atoms with Crippen molar-refractivity contribution in [2.75, 3.05) is 19.0 Å². The van der Waals surface area contributed by atoms with E-state index in [1.54, 1.807) is 0 Å². The van der Waals surface area contributed by atoms with Gasteiger partial charge in [0.15, 0.2) is 5.78 Å². The highest BCUT2D eigenvalue weighted by Gasteiger charge is 2.66. The first-order valence-electron chi connectivity index (χ1n) is 13.4. The normalized spacial score (nSPS) is 40.9. The second kappa shape index (κ2) is 8.27. The van der Waals surface area contributed by atoms with Crippen LogP contribution in [0.1, 0.15) is 83.6 Å². The number of rotatable bonds is 2. The van der Waals surface area contributed by atoms with E-state index in [4.69, 9.17) is 0 Å². The van der Waals surface area contributed by atoms with Crippen molar-refractivity contribution >= 4 is 11.5 Å². The van der Waals surface area contributed by atoms with Gasteiger partial charge in [-0.25, -0.2) is 0 Å². The van der Waals surface area contributed by atoms with Gasteiger partial charge < -0.3 is 10.0 Å². The van der Waals surface area contributed by atoms with Gasteiger partial charge in [-0.1, -0.05) is 44.4 Å². The van der Waals surface area contributed by atoms with Crippen LogP contribution in [0.15, 0.2) is 35.9 Å². The first-order chi connectivity index (χ1) is 16.1. The standard InChI is InChI=1S/C31H41NO2/c1-6-7-16-31(34)18-15-27-25-13-10-22-19-24(33)14-17-29(22,2)28(25)26(20-30(27,31)3)21-8-11-23(12-9-21)32(4)5/h8-9,11-12,19,25-28,34H,6,10,13-15,17-18,20H2,1-5H3/t25-,26?,27-,28?,29-,30-,31-/m0/s1. The predicted octanol–water partition coefficient (Wildman–Crippen LogP) is 6.12. The first-order valence-corrected chi connectivity index (χ1v) is 13.4. The topological polar surface area (TPSA) is 40.5 Å². The lowest BCUT2D eigenvalue weighted by Gasteiger charge is -2.61. The molecule has 0 radical (unpaired) electrons. The maximum Gasteiger partial charge on any atom is 0.155 e. The summed E-state index contributed by atoms with van der Waals surface area (Å²) in [7, 11) is 4.17. The van der Waals surface area contributed by atoms with E-state index in [0.717, 1.165) is 44.9 Å². The van der Waals surface area contributed by atoms with Gasteiger partial charge in [0, 0.05) is 38.0 Å². The average Bonchev–Trinajstić information content (AvgIpc) is 3.08. The van der Waals surface area contributed by atoms with Crippen LogP contribution in [0.3, 0.4) is 0 Å². The van der Waals surface area contributed by atoms with Gasteiger partial charge >= 0.3 is 0 Å². The molecule has 182 valence electrons. The lowest BCUT2D eigenvalue weighted by atomic mass is 9.43. The first kappa shape index (κ1) is 23.7. The zero-order valence-electron chi connectivity index (χ0n) is 21.7. The van der Waals surface area contributed by atoms with Crippen LogP contribution in [0.25, 0.3) is 0 Å². The summed E-state index contributed by atoms with van der Waals surface area (Å²) in [4.78, 5) is 14.5. The van der Waals surface area contributed by atoms with Crippen molar-refractivity contribution in [1.82, 2.24) is 0 Å². The maximum atomic E-state index is 12.4. The molecule has 5 rings (SSSR count). The van der Waals surface area contributed by atoms with Crippen molar-refractivity contribution in [2.24, 2.45) is 28.6 Å². The number of aliphatic hydroxyl groups is 1. The van der Waals surface area contributed by atoms with Crippen LogP contribution < -0.4 is 4.90 Å². The lowest BCUT2D eigenvalue weighted by molar-refractivity contribution is -0.122. The molecule has 3 heteroatoms. The molecule has 4 aliphatic carbocycles. The van der Waals surface area contributed by atoms with Crippen molar-refractivity contribution in [2.45, 2.75) is 83.7 Å². The van der Waals surface area contributed by atoms with Gasteiger partial charge in [0.05, 0.1) is 0 Å². The molecule has 0 amide bonds. The quantitative estimate of drug-likeness (QED) is 0.542. The molecule has 3 saturated carbocycles. The molecule has 0 heterocycles. The molecule has 7 atom stereocenters. The molecule has 1 aromatic rings. The van der Waals surface area contributed by atoms with Gasteiger partial charge in [-0.05, 0) is 91.4 Å². The Labute approximate surface area is 206 Å². The second-order valence-corrected chi connectivity index (χ2v) is 12.2. The number of fused-ring (bicyclic) bond motifs is 5. The van der Waals surface area contributed by atoms with Gasteiger partial charge in [0.25, 0.3) is 0 Å². The number of hydrogen-bond acceptors (Lipinski definition) is 3. The summed E-state index contributed by atoms with van der Waals surface area (Å²) < 4.78 is 0. The summed E-state index contributed by atoms with van der Waals surface area (Å²) in [6.07, 6.45) is 9.39. The Morgan fingerprint density at radius 3 is 2.50 bits per heavy atom. The molecule has 3 nitrogen and oxygen atoms in total. The fraction of sp³-hybridized carbons (Fsp3) is 0.645. The van der Waals surface area contributed by atoms with Crippen LogP contribution in [-0.2, 0) is 4.79 Å². The minimum Gasteiger partial charge on any atom is -0.378 e. The van der Waals surface area contributed by atoms with Crippen molar-refractivity contribution < 1.29 is 9.90 Å². The van der Waals surface area contributed by atoms with Crippen molar-refractivity contribution in [3.63, 3.8) is 0 Å². The fourth-order valence-electron chi connectivity index (χ4n) is 8.53. The summed E-state index contributed by atoms with van der Waals surface area (Å²) >= 11 is 0. The monoisotopic (exact) mass is 459 g/mol. The predicted molar refractivity (Wildman–Crippen MR) is 139 cm³/mol. The van der Waals surface area contributed by atoms with Crippen LogP contribution in [0.4, 0.5) is 5.69 Å². The number of carbonyl (C=O) groups is 1. The van der Waals surface area contributed by atoms with Crippen molar-refractivity contribution in [3.8, 4) is 11.8 Å². The lowest BCUT2D eigenvalue weighted by Crippen LogP contribution is -2.57. The molecule has 1 N–H and O–H groups in total. The molecule has 1 aromatic carbocycles. The molecule has 2 unspecified atom stereocenters. The molecular formula is C31H41NO2. The van der Waals surface area contributed by atoms with Gasteiger partial charge in [0.1, 0.15) is 5.60 Å². The number of anilines is 1. The summed E-state index contributed by atoms with van der Waals surface area (Å²) in [6, 6.07) is 9.12. The van der Waals surface area contributed by atoms with E-state index < -0.39 is 5.60 Å². The molecule has 3 fully saturated rings. The van der Waals surface area contributed by atoms with Crippen LogP contribution >= 0.6 is 0 Å². The smallest absolute Gasteiger partial charge is 0.155 e. The Balaban J connectivity index is 1.63. The Hall–Kier alpha value is -2.05. The SMILES string of the molecule is CCC#C[C@]1(O)CC[C@H]2[C@@H]3CCC4=CC(=O)CC[C@]4(C)C3C(c3ccc(N(C)C)cc3)C[C@@]21C. The van der Waals surface area contributed by atoms with E-state index in [9.17, 15) is 9.90 Å². The zero-order valence-corrected chi connectivity index (χ0v) is 21.7. The summed E-state index contributed by atoms with van der Waals surface area (Å²) in [5.74, 6) is 8.82. The number of nitrogens with zero attached hydrogens (tertiary/aromatic N) is 1. The van der Waals surface area contributed by atoms with Crippen molar-refractivity contribution in [3.05, 3.63) is 41.5 Å². The van der Waals surface area contributed by atoms with E-state index in [0.29, 0.717) is 35.9 Å². The highest BCUT2D eigenvalue weighted by Crippen LogP contribution is 2.70. The van der Waals surface area contributed by atoms with Gasteiger partial charge in [-0.2, -0.15) is 0 Å². The third-order valence-electron chi connectivity index (χ3n) is 10.4. The fourth-order valence-corrected chi connectivity index (χ4v) is 8.53. The molecular weight excluding hydrogens is 418 g/mol. The van der Waals surface area contributed by atoms with Crippen LogP contribution in [0, 0.1) is 40.4 Å². The minimum absolute atomic E-state index is 0.0683. The number of carbonyl (C=O) groups excluding carboxylic acids is 1. The van der Waals surface area contributed by atoms with E-state index in [1.807, 2.05) is 6.08 Å². The zero-order chi connectivity index (χ0) is 24.3. The van der Waals surface area contributed by atoms with E-state index in [1.165, 1.54) is 16.8 Å². The van der Waals surface area contributed by atoms with Crippen LogP contribution in [-0.4, -0.2) is 30.6 Å². The third kappa shape index (κ3) is 3.40.